The van der Waals surface area contributed by atoms with E-state index in [0.29, 0.717) is 38.0 Å². The molecule has 2 rings (SSSR count). The number of carbonyl (C=O) groups excluding carboxylic acids is 3. The van der Waals surface area contributed by atoms with E-state index < -0.39 is 0 Å². The quantitative estimate of drug-likeness (QED) is 0.485. The van der Waals surface area contributed by atoms with Crippen molar-refractivity contribution in [2.24, 2.45) is 11.8 Å². The van der Waals surface area contributed by atoms with Crippen molar-refractivity contribution in [3.05, 3.63) is 0 Å². The summed E-state index contributed by atoms with van der Waals surface area (Å²) in [5.74, 6) is 0.827. The molecular weight excluding hydrogens is 322 g/mol. The second-order valence-corrected chi connectivity index (χ2v) is 7.81. The molecule has 2 amide bonds. The Morgan fingerprint density at radius 1 is 1.25 bits per heavy atom. The van der Waals surface area contributed by atoms with E-state index in [1.165, 1.54) is 16.7 Å². The van der Waals surface area contributed by atoms with E-state index in [2.05, 4.69) is 0 Å². The lowest BCUT2D eigenvalue weighted by Gasteiger charge is -2.30. The van der Waals surface area contributed by atoms with Gasteiger partial charge < -0.3 is 0 Å². The van der Waals surface area contributed by atoms with Crippen molar-refractivity contribution in [1.29, 1.82) is 0 Å². The fourth-order valence-corrected chi connectivity index (χ4v) is 4.27. The maximum Gasteiger partial charge on any atom is 0.242 e. The molecule has 1 saturated carbocycles. The highest BCUT2D eigenvalue weighted by Crippen LogP contribution is 2.33. The highest BCUT2D eigenvalue weighted by molar-refractivity contribution is 8.00. The standard InChI is InChI=1S/C18H29NO3S.CH4/c1-3-4-5-6-15(20)14-9-7-13(8-10-14)12-19-17(21)11-16(23-2)18(19)22;/h13-14,16H,3-12H2,1-2H3;1H4/i1T;. The van der Waals surface area contributed by atoms with Gasteiger partial charge in [-0.2, -0.15) is 11.8 Å². The van der Waals surface area contributed by atoms with Crippen LogP contribution >= 0.6 is 11.8 Å². The number of rotatable bonds is 8. The van der Waals surface area contributed by atoms with E-state index in [0.717, 1.165) is 44.9 Å². The Morgan fingerprint density at radius 3 is 2.54 bits per heavy atom. The predicted octanol–water partition coefficient (Wildman–Crippen LogP) is 4.07. The van der Waals surface area contributed by atoms with Crippen molar-refractivity contribution in [2.75, 3.05) is 12.8 Å². The smallest absolute Gasteiger partial charge is 0.242 e. The summed E-state index contributed by atoms with van der Waals surface area (Å²) < 4.78 is 7.11. The molecule has 1 aliphatic carbocycles. The summed E-state index contributed by atoms with van der Waals surface area (Å²) in [5, 5.41) is -0.195. The first kappa shape index (κ1) is 19.5. The van der Waals surface area contributed by atoms with Gasteiger partial charge >= 0.3 is 0 Å². The molecule has 1 heterocycles. The molecule has 5 heteroatoms. The van der Waals surface area contributed by atoms with Crippen molar-refractivity contribution in [3.63, 3.8) is 0 Å². The van der Waals surface area contributed by atoms with Crippen LogP contribution in [-0.2, 0) is 14.4 Å². The molecule has 1 aliphatic heterocycles. The predicted molar refractivity (Wildman–Crippen MR) is 100.0 cm³/mol. The molecule has 24 heavy (non-hydrogen) atoms. The monoisotopic (exact) mass is 357 g/mol. The van der Waals surface area contributed by atoms with Crippen LogP contribution in [-0.4, -0.2) is 40.5 Å². The van der Waals surface area contributed by atoms with Crippen molar-refractivity contribution < 1.29 is 15.8 Å². The number of amides is 2. The van der Waals surface area contributed by atoms with Gasteiger partial charge in [-0.3, -0.25) is 19.3 Å². The number of hydrogen-bond donors (Lipinski definition) is 0. The molecule has 0 aromatic heterocycles. The Morgan fingerprint density at radius 2 is 1.96 bits per heavy atom. The topological polar surface area (TPSA) is 54.5 Å². The number of nitrogens with zero attached hydrogens (tertiary/aromatic N) is 1. The molecule has 1 unspecified atom stereocenters. The third kappa shape index (κ3) is 5.33. The van der Waals surface area contributed by atoms with E-state index in [1.807, 2.05) is 6.26 Å². The van der Waals surface area contributed by atoms with Crippen LogP contribution in [0.2, 0.25) is 0 Å². The molecule has 0 N–H and O–H groups in total. The first-order chi connectivity index (χ1) is 11.6. The van der Waals surface area contributed by atoms with Crippen molar-refractivity contribution in [3.8, 4) is 0 Å². The molecular formula is C19H33NO3S. The second kappa shape index (κ2) is 10.2. The van der Waals surface area contributed by atoms with E-state index >= 15 is 0 Å². The summed E-state index contributed by atoms with van der Waals surface area (Å²) in [6.07, 6.45) is 9.28. The van der Waals surface area contributed by atoms with Gasteiger partial charge in [0.15, 0.2) is 0 Å². The summed E-state index contributed by atoms with van der Waals surface area (Å²) in [5.41, 5.74) is 0. The number of unbranched alkanes of at least 4 members (excludes halogenated alkanes) is 2. The third-order valence-electron chi connectivity index (χ3n) is 5.15. The SMILES string of the molecule is C.[3H]CCCCCC(=O)C1CCC(CN2C(=O)CC(SC)C2=O)CC1. The number of Topliss-reactive ketones (excluding diaryl/α,β-unsaturated/α-hetero) is 1. The zero-order valence-corrected chi connectivity index (χ0v) is 14.9. The summed E-state index contributed by atoms with van der Waals surface area (Å²) >= 11 is 1.46. The highest BCUT2D eigenvalue weighted by atomic mass is 32.2. The van der Waals surface area contributed by atoms with Crippen LogP contribution in [0.25, 0.3) is 0 Å². The Hall–Kier alpha value is -0.840. The summed E-state index contributed by atoms with van der Waals surface area (Å²) in [7, 11) is 0. The zero-order chi connectivity index (χ0) is 17.5. The van der Waals surface area contributed by atoms with Crippen molar-refractivity contribution in [2.45, 2.75) is 77.4 Å². The van der Waals surface area contributed by atoms with Gasteiger partial charge in [0.05, 0.1) is 5.25 Å². The number of thioether (sulfide) groups is 1. The maximum absolute atomic E-state index is 12.2. The Labute approximate surface area is 152 Å². The number of hydrogen-bond acceptors (Lipinski definition) is 4. The molecule has 1 saturated heterocycles. The van der Waals surface area contributed by atoms with Gasteiger partial charge in [-0.1, -0.05) is 27.2 Å². The Kier molecular flexibility index (Phi) is 8.30. The largest absolute Gasteiger partial charge is 0.299 e. The van der Waals surface area contributed by atoms with E-state index in [4.69, 9.17) is 1.37 Å². The van der Waals surface area contributed by atoms with Crippen LogP contribution in [0.4, 0.5) is 0 Å². The molecule has 1 atom stereocenters. The Bertz CT molecular complexity index is 464. The van der Waals surface area contributed by atoms with Crippen LogP contribution in [0.15, 0.2) is 0 Å². The van der Waals surface area contributed by atoms with Crippen LogP contribution in [0.5, 0.6) is 0 Å². The molecule has 2 aliphatic rings. The van der Waals surface area contributed by atoms with Gasteiger partial charge in [-0.25, -0.2) is 0 Å². The first-order valence-corrected chi connectivity index (χ1v) is 10.0. The fraction of sp³-hybridized carbons (Fsp3) is 0.842. The molecule has 0 bridgehead atoms. The average Bonchev–Trinajstić information content (AvgIpc) is 2.86. The van der Waals surface area contributed by atoms with Crippen molar-refractivity contribution in [1.82, 2.24) is 4.90 Å². The molecule has 138 valence electrons. The van der Waals surface area contributed by atoms with Gasteiger partial charge in [0, 0.05) is 26.7 Å². The highest BCUT2D eigenvalue weighted by Gasteiger charge is 2.39. The summed E-state index contributed by atoms with van der Waals surface area (Å²) in [6.45, 7) is 0.990. The third-order valence-corrected chi connectivity index (χ3v) is 6.09. The lowest BCUT2D eigenvalue weighted by atomic mass is 9.79. The molecule has 0 aromatic rings. The van der Waals surface area contributed by atoms with Gasteiger partial charge in [0.1, 0.15) is 5.78 Å². The number of likely N-dealkylation sites (tertiary alicyclic amines) is 1. The number of carbonyl (C=O) groups is 3. The van der Waals surface area contributed by atoms with E-state index in [-0.39, 0.29) is 30.4 Å². The zero-order valence-electron chi connectivity index (χ0n) is 15.1. The fourth-order valence-electron chi connectivity index (χ4n) is 3.63. The summed E-state index contributed by atoms with van der Waals surface area (Å²) in [4.78, 5) is 37.9. The van der Waals surface area contributed by atoms with Crippen LogP contribution < -0.4 is 0 Å². The maximum atomic E-state index is 12.2. The number of imide groups is 1. The first-order valence-electron chi connectivity index (χ1n) is 9.46. The van der Waals surface area contributed by atoms with Gasteiger partial charge in [0.25, 0.3) is 0 Å². The summed E-state index contributed by atoms with van der Waals surface area (Å²) in [6, 6.07) is 0. The minimum absolute atomic E-state index is 0. The molecule has 2 fully saturated rings. The Balaban J connectivity index is 0.00000312. The molecule has 0 aromatic carbocycles. The lowest BCUT2D eigenvalue weighted by Crippen LogP contribution is -2.37. The van der Waals surface area contributed by atoms with Gasteiger partial charge in [-0.05, 0) is 44.3 Å². The molecule has 0 radical (unpaired) electrons. The molecule has 4 nitrogen and oxygen atoms in total. The van der Waals surface area contributed by atoms with Crippen LogP contribution in [0, 0.1) is 11.8 Å². The van der Waals surface area contributed by atoms with Gasteiger partial charge in [0.2, 0.25) is 11.8 Å². The normalized spacial score (nSPS) is 27.8. The van der Waals surface area contributed by atoms with Crippen LogP contribution in [0.1, 0.15) is 73.5 Å². The van der Waals surface area contributed by atoms with Crippen molar-refractivity contribution >= 4 is 29.4 Å². The van der Waals surface area contributed by atoms with Gasteiger partial charge in [-0.15, -0.1) is 0 Å². The van der Waals surface area contributed by atoms with E-state index in [1.54, 1.807) is 0 Å². The average molecular weight is 358 g/mol. The minimum Gasteiger partial charge on any atom is -0.299 e. The van der Waals surface area contributed by atoms with E-state index in [9.17, 15) is 14.4 Å². The minimum atomic E-state index is -0.195. The molecule has 0 spiro atoms. The number of ketones is 1. The lowest BCUT2D eigenvalue weighted by molar-refractivity contribution is -0.139. The second-order valence-electron chi connectivity index (χ2n) is 6.77. The van der Waals surface area contributed by atoms with Crippen LogP contribution in [0.3, 0.4) is 0 Å².